The molecule has 0 saturated heterocycles. The molecule has 560 valence electrons. The van der Waals surface area contributed by atoms with Gasteiger partial charge in [-0.05, 0) is 69.1 Å². The number of unbranched alkanes of at least 4 members (excludes halogenated alkanes) is 37. The van der Waals surface area contributed by atoms with Gasteiger partial charge in [-0.1, -0.05) is 310 Å². The molecule has 0 aliphatic heterocycles. The smallest absolute Gasteiger partial charge is 0.462 e. The Balaban J connectivity index is 5.25. The van der Waals surface area contributed by atoms with Crippen LogP contribution in [0.5, 0.6) is 0 Å². The summed E-state index contributed by atoms with van der Waals surface area (Å²) in [5.74, 6) is 0.0790. The van der Waals surface area contributed by atoms with E-state index in [2.05, 4.69) is 72.8 Å². The Morgan fingerprint density at radius 2 is 0.568 bits per heavy atom. The van der Waals surface area contributed by atoms with Crippen molar-refractivity contribution in [2.45, 2.75) is 381 Å². The van der Waals surface area contributed by atoms with E-state index in [1.807, 2.05) is 0 Å². The molecular formula is C76H144O17P2. The van der Waals surface area contributed by atoms with Crippen LogP contribution in [0.4, 0.5) is 0 Å². The van der Waals surface area contributed by atoms with Crippen LogP contribution in [0.15, 0.2) is 24.3 Å². The van der Waals surface area contributed by atoms with Crippen LogP contribution in [-0.4, -0.2) is 96.7 Å². The average molecular weight is 1390 g/mol. The second-order valence-electron chi connectivity index (χ2n) is 28.1. The van der Waals surface area contributed by atoms with Gasteiger partial charge in [-0.2, -0.15) is 0 Å². The van der Waals surface area contributed by atoms with E-state index in [0.717, 1.165) is 115 Å². The number of esters is 4. The van der Waals surface area contributed by atoms with Gasteiger partial charge in [0.2, 0.25) is 0 Å². The lowest BCUT2D eigenvalue weighted by Crippen LogP contribution is -2.30. The van der Waals surface area contributed by atoms with Gasteiger partial charge in [0.25, 0.3) is 0 Å². The highest BCUT2D eigenvalue weighted by Crippen LogP contribution is 2.45. The summed E-state index contributed by atoms with van der Waals surface area (Å²) < 4.78 is 68.4. The summed E-state index contributed by atoms with van der Waals surface area (Å²) >= 11 is 0. The maximum atomic E-state index is 13.1. The van der Waals surface area contributed by atoms with Crippen molar-refractivity contribution in [3.8, 4) is 0 Å². The average Bonchev–Trinajstić information content (AvgIpc) is 1.30. The van der Waals surface area contributed by atoms with Crippen molar-refractivity contribution >= 4 is 39.5 Å². The highest BCUT2D eigenvalue weighted by molar-refractivity contribution is 7.47. The minimum absolute atomic E-state index is 0.0849. The Kier molecular flexibility index (Phi) is 64.4. The standard InChI is InChI=1S/C76H144O17P2/c1-8-9-10-11-12-13-14-15-18-23-26-29-37-45-52-59-75(80)92-71(63-86-73(78)57-50-43-36-28-25-22-20-17-16-19-21-24-27-33-40-47-54-67(2)3)65-90-94(82,83)88-61-70(77)62-89-95(84,85)91-66-72(64-87-74(79)58-51-44-39-32-35-42-49-56-69(6)7)93-76(81)60-53-46-38-31-30-34-41-48-55-68(4)5/h13-15,18,67-72,77H,8-12,16-17,19-66H2,1-7H3,(H,82,83)(H,84,85)/b14-13-,18-15-/t70?,71-,72-/m1/s1. The molecule has 0 aromatic rings. The molecular weight excluding hydrogens is 1250 g/mol. The predicted octanol–water partition coefficient (Wildman–Crippen LogP) is 21.7. The lowest BCUT2D eigenvalue weighted by atomic mass is 10.0. The second kappa shape index (κ2) is 66.1. The van der Waals surface area contributed by atoms with E-state index in [1.165, 1.54) is 154 Å². The van der Waals surface area contributed by atoms with Crippen LogP contribution in [0.2, 0.25) is 0 Å². The minimum atomic E-state index is -4.97. The molecule has 19 heteroatoms. The highest BCUT2D eigenvalue weighted by atomic mass is 31.2. The van der Waals surface area contributed by atoms with Gasteiger partial charge in [0.1, 0.15) is 19.3 Å². The Morgan fingerprint density at radius 1 is 0.326 bits per heavy atom. The molecule has 0 spiro atoms. The van der Waals surface area contributed by atoms with Gasteiger partial charge in [-0.25, -0.2) is 9.13 Å². The zero-order valence-electron chi connectivity index (χ0n) is 61.6. The fourth-order valence-electron chi connectivity index (χ4n) is 11.1. The van der Waals surface area contributed by atoms with Gasteiger partial charge in [0.05, 0.1) is 26.4 Å². The fraction of sp³-hybridized carbons (Fsp3) is 0.895. The molecule has 3 N–H and O–H groups in total. The first kappa shape index (κ1) is 92.5. The molecule has 0 heterocycles. The normalized spacial score (nSPS) is 14.2. The molecule has 0 aromatic heterocycles. The van der Waals surface area contributed by atoms with E-state index >= 15 is 0 Å². The van der Waals surface area contributed by atoms with Crippen molar-refractivity contribution in [1.82, 2.24) is 0 Å². The van der Waals surface area contributed by atoms with E-state index in [1.54, 1.807) is 0 Å². The van der Waals surface area contributed by atoms with Crippen LogP contribution in [0.1, 0.15) is 363 Å². The maximum Gasteiger partial charge on any atom is 0.472 e. The number of rotatable bonds is 72. The van der Waals surface area contributed by atoms with Gasteiger partial charge >= 0.3 is 39.5 Å². The molecule has 17 nitrogen and oxygen atoms in total. The third-order valence-electron chi connectivity index (χ3n) is 17.0. The molecule has 0 rings (SSSR count). The molecule has 0 fully saturated rings. The van der Waals surface area contributed by atoms with Gasteiger partial charge in [-0.15, -0.1) is 0 Å². The first-order chi connectivity index (χ1) is 45.7. The molecule has 0 radical (unpaired) electrons. The second-order valence-corrected chi connectivity index (χ2v) is 31.0. The zero-order valence-corrected chi connectivity index (χ0v) is 63.4. The summed E-state index contributed by atoms with van der Waals surface area (Å²) in [6.07, 6.45) is 55.1. The van der Waals surface area contributed by atoms with Crippen molar-refractivity contribution < 1.29 is 80.2 Å². The number of phosphoric acid groups is 2. The number of phosphoric ester groups is 2. The summed E-state index contributed by atoms with van der Waals surface area (Å²) in [5, 5.41) is 10.6. The minimum Gasteiger partial charge on any atom is -0.462 e. The highest BCUT2D eigenvalue weighted by Gasteiger charge is 2.30. The van der Waals surface area contributed by atoms with Crippen molar-refractivity contribution in [3.63, 3.8) is 0 Å². The largest absolute Gasteiger partial charge is 0.472 e. The first-order valence-corrected chi connectivity index (χ1v) is 41.7. The number of hydrogen-bond acceptors (Lipinski definition) is 15. The van der Waals surface area contributed by atoms with Crippen LogP contribution in [0.3, 0.4) is 0 Å². The quantitative estimate of drug-likeness (QED) is 0.0169. The molecule has 0 aromatic carbocycles. The number of aliphatic hydroxyl groups is 1. The predicted molar refractivity (Wildman–Crippen MR) is 386 cm³/mol. The Labute approximate surface area is 580 Å². The topological polar surface area (TPSA) is 237 Å². The molecule has 0 bridgehead atoms. The number of carbonyl (C=O) groups is 4. The van der Waals surface area contributed by atoms with E-state index < -0.39 is 97.5 Å². The van der Waals surface area contributed by atoms with Crippen molar-refractivity contribution in [1.29, 1.82) is 0 Å². The van der Waals surface area contributed by atoms with Crippen LogP contribution in [-0.2, 0) is 65.4 Å². The van der Waals surface area contributed by atoms with Crippen LogP contribution >= 0.6 is 15.6 Å². The molecule has 5 atom stereocenters. The Hall–Kier alpha value is -2.46. The molecule has 0 amide bonds. The summed E-state index contributed by atoms with van der Waals surface area (Å²) in [6.45, 7) is 11.8. The Morgan fingerprint density at radius 3 is 0.853 bits per heavy atom. The third-order valence-corrected chi connectivity index (χ3v) is 18.9. The third kappa shape index (κ3) is 69.8. The first-order valence-electron chi connectivity index (χ1n) is 38.7. The van der Waals surface area contributed by atoms with Gasteiger partial charge in [-0.3, -0.25) is 37.3 Å². The summed E-state index contributed by atoms with van der Waals surface area (Å²) in [4.78, 5) is 72.7. The molecule has 0 saturated carbocycles. The van der Waals surface area contributed by atoms with Gasteiger partial charge in [0, 0.05) is 25.7 Å². The number of carbonyl (C=O) groups excluding carboxylic acids is 4. The van der Waals surface area contributed by atoms with Crippen molar-refractivity contribution in [3.05, 3.63) is 24.3 Å². The zero-order chi connectivity index (χ0) is 70.1. The SMILES string of the molecule is CCCCCC/C=C\C=C/CCCCCCCC(=O)O[C@H](COC(=O)CCCCCCCCCCCCCCCCCCC(C)C)COP(=O)(O)OCC(O)COP(=O)(O)OC[C@@H](COC(=O)CCCCCCCCCC(C)C)OC(=O)CCCCCCCCCCC(C)C. The molecule has 0 aliphatic carbocycles. The fourth-order valence-corrected chi connectivity index (χ4v) is 12.6. The van der Waals surface area contributed by atoms with E-state index in [9.17, 15) is 43.2 Å². The molecule has 3 unspecified atom stereocenters. The summed E-state index contributed by atoms with van der Waals surface area (Å²) in [6, 6.07) is 0. The molecule has 95 heavy (non-hydrogen) atoms. The van der Waals surface area contributed by atoms with Crippen molar-refractivity contribution in [2.75, 3.05) is 39.6 Å². The maximum absolute atomic E-state index is 13.1. The van der Waals surface area contributed by atoms with E-state index in [4.69, 9.17) is 37.0 Å². The van der Waals surface area contributed by atoms with Crippen LogP contribution in [0, 0.1) is 17.8 Å². The summed E-state index contributed by atoms with van der Waals surface area (Å²) in [5.41, 5.74) is 0. The number of hydrogen-bond donors (Lipinski definition) is 3. The van der Waals surface area contributed by atoms with Crippen LogP contribution < -0.4 is 0 Å². The summed E-state index contributed by atoms with van der Waals surface area (Å²) in [7, 11) is -9.92. The lowest BCUT2D eigenvalue weighted by molar-refractivity contribution is -0.161. The van der Waals surface area contributed by atoms with E-state index in [0.29, 0.717) is 37.5 Å². The lowest BCUT2D eigenvalue weighted by Gasteiger charge is -2.21. The van der Waals surface area contributed by atoms with Gasteiger partial charge in [0.15, 0.2) is 12.2 Å². The number of aliphatic hydroxyl groups excluding tert-OH is 1. The molecule has 0 aliphatic rings. The number of ether oxygens (including phenoxy) is 4. The monoisotopic (exact) mass is 1390 g/mol. The Bertz CT molecular complexity index is 1950. The van der Waals surface area contributed by atoms with Crippen molar-refractivity contribution in [2.24, 2.45) is 17.8 Å². The number of allylic oxidation sites excluding steroid dienone is 4. The van der Waals surface area contributed by atoms with E-state index in [-0.39, 0.29) is 25.7 Å². The van der Waals surface area contributed by atoms with Gasteiger partial charge < -0.3 is 33.8 Å². The van der Waals surface area contributed by atoms with Crippen LogP contribution in [0.25, 0.3) is 0 Å².